The molecule has 0 amide bonds. The Bertz CT molecular complexity index is 323. The molecule has 0 spiro atoms. The minimum absolute atomic E-state index is 0.707. The van der Waals surface area contributed by atoms with Gasteiger partial charge >= 0.3 is 0 Å². The zero-order valence-corrected chi connectivity index (χ0v) is 8.65. The Hall–Kier alpha value is -1.09. The van der Waals surface area contributed by atoms with Gasteiger partial charge in [0.2, 0.25) is 0 Å². The fraction of sp³-hybridized carbons (Fsp3) is 0.200. The van der Waals surface area contributed by atoms with Crippen molar-refractivity contribution < 1.29 is 4.74 Å². The first-order valence-corrected chi connectivity index (χ1v) is 5.08. The smallest absolute Gasteiger partial charge is 0.120 e. The maximum absolute atomic E-state index is 5.82. The Labute approximate surface area is 82.8 Å². The first kappa shape index (κ1) is 9.99. The van der Waals surface area contributed by atoms with E-state index >= 15 is 0 Å². The molecule has 70 valence electrons. The van der Waals surface area contributed by atoms with Crippen molar-refractivity contribution in [2.45, 2.75) is 0 Å². The highest BCUT2D eigenvalue weighted by Crippen LogP contribution is 2.30. The molecule has 0 aliphatic rings. The predicted octanol–water partition coefficient (Wildman–Crippen LogP) is 2.61. The molecule has 0 heterocycles. The third kappa shape index (κ3) is 2.18. The van der Waals surface area contributed by atoms with Crippen LogP contribution in [0.15, 0.2) is 24.8 Å². The van der Waals surface area contributed by atoms with E-state index in [1.54, 1.807) is 24.9 Å². The topological polar surface area (TPSA) is 35.2 Å². The molecule has 0 unspecified atom stereocenters. The van der Waals surface area contributed by atoms with Crippen LogP contribution in [-0.2, 0) is 0 Å². The van der Waals surface area contributed by atoms with Gasteiger partial charge in [-0.05, 0) is 18.4 Å². The summed E-state index contributed by atoms with van der Waals surface area (Å²) in [5.41, 5.74) is 7.51. The second-order valence-corrected chi connectivity index (χ2v) is 3.48. The molecule has 3 heteroatoms. The number of anilines is 1. The van der Waals surface area contributed by atoms with E-state index < -0.39 is 0 Å². The van der Waals surface area contributed by atoms with Gasteiger partial charge in [0.05, 0.1) is 7.11 Å². The summed E-state index contributed by atoms with van der Waals surface area (Å²) in [6.45, 7) is 3.90. The lowest BCUT2D eigenvalue weighted by Crippen LogP contribution is -1.93. The number of benzene rings is 1. The van der Waals surface area contributed by atoms with E-state index in [1.807, 2.05) is 18.4 Å². The Balaban J connectivity index is 3.05. The summed E-state index contributed by atoms with van der Waals surface area (Å²) in [6.07, 6.45) is 1.98. The molecule has 0 saturated carbocycles. The third-order valence-corrected chi connectivity index (χ3v) is 2.52. The van der Waals surface area contributed by atoms with Crippen LogP contribution in [0.2, 0.25) is 0 Å². The summed E-state index contributed by atoms with van der Waals surface area (Å²) in [6, 6.07) is 5.61. The van der Waals surface area contributed by atoms with Crippen molar-refractivity contribution in [3.8, 4) is 5.75 Å². The quantitative estimate of drug-likeness (QED) is 0.753. The Morgan fingerprint density at radius 1 is 1.54 bits per heavy atom. The summed E-state index contributed by atoms with van der Waals surface area (Å²) >= 11 is 1.59. The lowest BCUT2D eigenvalue weighted by atomic mass is 10.1. The second kappa shape index (κ2) is 4.23. The van der Waals surface area contributed by atoms with Crippen LogP contribution in [0.4, 0.5) is 5.69 Å². The van der Waals surface area contributed by atoms with E-state index in [-0.39, 0.29) is 0 Å². The van der Waals surface area contributed by atoms with Gasteiger partial charge in [0.25, 0.3) is 0 Å². The highest BCUT2D eigenvalue weighted by Gasteiger charge is 2.03. The molecule has 0 aliphatic carbocycles. The maximum Gasteiger partial charge on any atom is 0.120 e. The van der Waals surface area contributed by atoms with E-state index in [9.17, 15) is 0 Å². The molecule has 0 bridgehead atoms. The lowest BCUT2D eigenvalue weighted by molar-refractivity contribution is 0.415. The molecule has 0 saturated heterocycles. The van der Waals surface area contributed by atoms with Crippen molar-refractivity contribution in [3.05, 3.63) is 30.3 Å². The maximum atomic E-state index is 5.82. The molecular weight excluding hydrogens is 182 g/mol. The van der Waals surface area contributed by atoms with Crippen LogP contribution in [0, 0.1) is 0 Å². The summed E-state index contributed by atoms with van der Waals surface area (Å²) in [4.78, 5) is 0.972. The molecule has 2 nitrogen and oxygen atoms in total. The first-order chi connectivity index (χ1) is 6.19. The van der Waals surface area contributed by atoms with Crippen LogP contribution in [0.1, 0.15) is 5.56 Å². The highest BCUT2D eigenvalue weighted by atomic mass is 32.2. The van der Waals surface area contributed by atoms with Crippen molar-refractivity contribution in [2.75, 3.05) is 19.1 Å². The fourth-order valence-electron chi connectivity index (χ4n) is 1.03. The first-order valence-electron chi connectivity index (χ1n) is 3.86. The van der Waals surface area contributed by atoms with Crippen molar-refractivity contribution >= 4 is 22.4 Å². The molecule has 0 fully saturated rings. The molecule has 2 N–H and O–H groups in total. The second-order valence-electron chi connectivity index (χ2n) is 2.58. The fourth-order valence-corrected chi connectivity index (χ4v) is 1.44. The molecule has 1 aromatic carbocycles. The van der Waals surface area contributed by atoms with Gasteiger partial charge in [0, 0.05) is 22.2 Å². The van der Waals surface area contributed by atoms with Gasteiger partial charge in [-0.15, -0.1) is 11.8 Å². The van der Waals surface area contributed by atoms with Crippen LogP contribution >= 0.6 is 11.8 Å². The number of methoxy groups -OCH3 is 1. The van der Waals surface area contributed by atoms with Gasteiger partial charge in [0.1, 0.15) is 5.75 Å². The minimum Gasteiger partial charge on any atom is -0.497 e. The molecule has 0 aliphatic heterocycles. The molecule has 0 radical (unpaired) electrons. The van der Waals surface area contributed by atoms with Crippen molar-refractivity contribution in [2.24, 2.45) is 0 Å². The van der Waals surface area contributed by atoms with Crippen LogP contribution < -0.4 is 10.5 Å². The summed E-state index contributed by atoms with van der Waals surface area (Å²) < 4.78 is 5.05. The van der Waals surface area contributed by atoms with Crippen LogP contribution in [-0.4, -0.2) is 13.4 Å². The minimum atomic E-state index is 0.707. The predicted molar refractivity (Wildman–Crippen MR) is 60.0 cm³/mol. The van der Waals surface area contributed by atoms with E-state index in [4.69, 9.17) is 10.5 Å². The van der Waals surface area contributed by atoms with Crippen LogP contribution in [0.25, 0.3) is 4.91 Å². The Morgan fingerprint density at radius 2 is 2.23 bits per heavy atom. The molecular formula is C10H13NOS. The molecule has 13 heavy (non-hydrogen) atoms. The number of nitrogen functional groups attached to an aromatic ring is 1. The number of hydrogen-bond donors (Lipinski definition) is 1. The summed E-state index contributed by atoms with van der Waals surface area (Å²) in [5, 5.41) is 0. The SMILES string of the molecule is C=C(SC)c1ccc(OC)cc1N. The van der Waals surface area contributed by atoms with Gasteiger partial charge in [-0.1, -0.05) is 6.58 Å². The average Bonchev–Trinajstić information content (AvgIpc) is 2.16. The van der Waals surface area contributed by atoms with Crippen molar-refractivity contribution in [3.63, 3.8) is 0 Å². The zero-order chi connectivity index (χ0) is 9.84. The molecule has 0 atom stereocenters. The van der Waals surface area contributed by atoms with E-state index in [0.29, 0.717) is 5.69 Å². The van der Waals surface area contributed by atoms with Crippen molar-refractivity contribution in [1.82, 2.24) is 0 Å². The summed E-state index contributed by atoms with van der Waals surface area (Å²) in [5.74, 6) is 0.773. The van der Waals surface area contributed by atoms with Crippen molar-refractivity contribution in [1.29, 1.82) is 0 Å². The highest BCUT2D eigenvalue weighted by molar-refractivity contribution is 8.07. The van der Waals surface area contributed by atoms with E-state index in [0.717, 1.165) is 16.2 Å². The standard InChI is InChI=1S/C10H13NOS/c1-7(13-3)9-5-4-8(12-2)6-10(9)11/h4-6H,1,11H2,2-3H3. The number of thioether (sulfide) groups is 1. The number of ether oxygens (including phenoxy) is 1. The van der Waals surface area contributed by atoms with Crippen LogP contribution in [0.3, 0.4) is 0 Å². The van der Waals surface area contributed by atoms with Gasteiger partial charge < -0.3 is 10.5 Å². The number of hydrogen-bond acceptors (Lipinski definition) is 3. The lowest BCUT2D eigenvalue weighted by Gasteiger charge is -2.08. The molecule has 1 aromatic rings. The summed E-state index contributed by atoms with van der Waals surface area (Å²) in [7, 11) is 1.62. The largest absolute Gasteiger partial charge is 0.497 e. The normalized spacial score (nSPS) is 9.69. The Morgan fingerprint density at radius 3 is 2.69 bits per heavy atom. The average molecular weight is 195 g/mol. The van der Waals surface area contributed by atoms with E-state index in [2.05, 4.69) is 6.58 Å². The third-order valence-electron chi connectivity index (χ3n) is 1.81. The van der Waals surface area contributed by atoms with Gasteiger partial charge in [-0.3, -0.25) is 0 Å². The van der Waals surface area contributed by atoms with Gasteiger partial charge in [-0.25, -0.2) is 0 Å². The number of nitrogens with two attached hydrogens (primary N) is 1. The zero-order valence-electron chi connectivity index (χ0n) is 7.83. The molecule has 0 aromatic heterocycles. The van der Waals surface area contributed by atoms with Gasteiger partial charge in [-0.2, -0.15) is 0 Å². The monoisotopic (exact) mass is 195 g/mol. The van der Waals surface area contributed by atoms with E-state index in [1.165, 1.54) is 0 Å². The molecule has 1 rings (SSSR count). The van der Waals surface area contributed by atoms with Crippen LogP contribution in [0.5, 0.6) is 5.75 Å². The van der Waals surface area contributed by atoms with Gasteiger partial charge in [0.15, 0.2) is 0 Å². The Kier molecular flexibility index (Phi) is 3.25. The number of rotatable bonds is 3.